The van der Waals surface area contributed by atoms with Gasteiger partial charge in [-0.2, -0.15) is 0 Å². The maximum atomic E-state index is 12.2. The van der Waals surface area contributed by atoms with E-state index in [-0.39, 0.29) is 11.7 Å². The lowest BCUT2D eigenvalue weighted by molar-refractivity contribution is 0.0995. The zero-order chi connectivity index (χ0) is 18.6. The molecule has 1 fully saturated rings. The third-order valence-electron chi connectivity index (χ3n) is 4.42. The number of para-hydroxylation sites is 1. The summed E-state index contributed by atoms with van der Waals surface area (Å²) in [5.74, 6) is 1.12. The molecule has 7 nitrogen and oxygen atoms in total. The molecule has 1 aliphatic heterocycles. The van der Waals surface area contributed by atoms with E-state index in [1.807, 2.05) is 6.07 Å². The minimum atomic E-state index is -0.348. The van der Waals surface area contributed by atoms with Gasteiger partial charge in [-0.1, -0.05) is 18.2 Å². The zero-order valence-electron chi connectivity index (χ0n) is 14.5. The number of carbonyl (C=O) groups excluding carboxylic acids is 1. The van der Waals surface area contributed by atoms with Crippen LogP contribution in [0.5, 0.6) is 0 Å². The molecule has 1 amide bonds. The van der Waals surface area contributed by atoms with Gasteiger partial charge < -0.3 is 19.5 Å². The van der Waals surface area contributed by atoms with Crippen LogP contribution in [0.3, 0.4) is 0 Å². The van der Waals surface area contributed by atoms with Crippen LogP contribution in [0, 0.1) is 0 Å². The molecule has 138 valence electrons. The molecule has 3 heterocycles. The SMILES string of the molecule is O=C(Nc1cc(N2CCN(c3ccccc3)CC2)ncn1)c1ccc(Br)o1. The quantitative estimate of drug-likeness (QED) is 0.687. The highest BCUT2D eigenvalue weighted by atomic mass is 79.9. The molecule has 4 rings (SSSR count). The Bertz CT molecular complexity index is 923. The van der Waals surface area contributed by atoms with Crippen LogP contribution in [0.4, 0.5) is 17.3 Å². The summed E-state index contributed by atoms with van der Waals surface area (Å²) in [7, 11) is 0. The molecule has 1 saturated heterocycles. The molecule has 1 aromatic carbocycles. The molecule has 0 spiro atoms. The number of rotatable bonds is 4. The number of carbonyl (C=O) groups is 1. The summed E-state index contributed by atoms with van der Waals surface area (Å²) >= 11 is 3.19. The molecule has 0 bridgehead atoms. The van der Waals surface area contributed by atoms with E-state index < -0.39 is 0 Å². The summed E-state index contributed by atoms with van der Waals surface area (Å²) in [6.07, 6.45) is 1.46. The van der Waals surface area contributed by atoms with Crippen molar-refractivity contribution in [3.05, 3.63) is 65.3 Å². The second kappa shape index (κ2) is 7.79. The van der Waals surface area contributed by atoms with Crippen molar-refractivity contribution < 1.29 is 9.21 Å². The molecule has 3 aromatic rings. The summed E-state index contributed by atoms with van der Waals surface area (Å²) < 4.78 is 5.77. The zero-order valence-corrected chi connectivity index (χ0v) is 16.1. The fraction of sp³-hybridized carbons (Fsp3) is 0.211. The standard InChI is InChI=1S/C19H18BrN5O2/c20-16-7-6-15(27-16)19(26)23-17-12-18(22-13-21-17)25-10-8-24(9-11-25)14-4-2-1-3-5-14/h1-7,12-13H,8-11H2,(H,21,22,23,26). The molecule has 0 atom stereocenters. The molecule has 0 unspecified atom stereocenters. The number of piperazine rings is 1. The predicted molar refractivity (Wildman–Crippen MR) is 107 cm³/mol. The van der Waals surface area contributed by atoms with Gasteiger partial charge in [-0.3, -0.25) is 4.79 Å². The Morgan fingerprint density at radius 1 is 1.00 bits per heavy atom. The van der Waals surface area contributed by atoms with E-state index in [1.54, 1.807) is 18.2 Å². The molecule has 27 heavy (non-hydrogen) atoms. The van der Waals surface area contributed by atoms with Crippen molar-refractivity contribution in [1.82, 2.24) is 9.97 Å². The van der Waals surface area contributed by atoms with E-state index in [1.165, 1.54) is 12.0 Å². The van der Waals surface area contributed by atoms with Crippen molar-refractivity contribution in [2.75, 3.05) is 41.3 Å². The highest BCUT2D eigenvalue weighted by Crippen LogP contribution is 2.21. The van der Waals surface area contributed by atoms with Crippen LogP contribution in [0.1, 0.15) is 10.6 Å². The van der Waals surface area contributed by atoms with E-state index in [9.17, 15) is 4.79 Å². The van der Waals surface area contributed by atoms with E-state index in [0.717, 1.165) is 32.0 Å². The van der Waals surface area contributed by atoms with E-state index in [0.29, 0.717) is 10.5 Å². The van der Waals surface area contributed by atoms with Gasteiger partial charge >= 0.3 is 0 Å². The number of halogens is 1. The van der Waals surface area contributed by atoms with Crippen molar-refractivity contribution in [3.8, 4) is 0 Å². The van der Waals surface area contributed by atoms with E-state index in [4.69, 9.17) is 4.42 Å². The first-order chi connectivity index (χ1) is 13.2. The lowest BCUT2D eigenvalue weighted by Gasteiger charge is -2.36. The van der Waals surface area contributed by atoms with Gasteiger partial charge in [0.15, 0.2) is 10.4 Å². The van der Waals surface area contributed by atoms with Gasteiger partial charge in [-0.15, -0.1) is 0 Å². The first kappa shape index (κ1) is 17.5. The monoisotopic (exact) mass is 427 g/mol. The smallest absolute Gasteiger partial charge is 0.292 e. The van der Waals surface area contributed by atoms with Gasteiger partial charge in [0.2, 0.25) is 0 Å². The van der Waals surface area contributed by atoms with Gasteiger partial charge in [-0.05, 0) is 40.2 Å². The van der Waals surface area contributed by atoms with Crippen LogP contribution in [0.15, 0.2) is 63.9 Å². The maximum absolute atomic E-state index is 12.2. The van der Waals surface area contributed by atoms with E-state index in [2.05, 4.69) is 65.3 Å². The number of nitrogens with zero attached hydrogens (tertiary/aromatic N) is 4. The number of amides is 1. The van der Waals surface area contributed by atoms with Gasteiger partial charge in [0.1, 0.15) is 18.0 Å². The van der Waals surface area contributed by atoms with Crippen LogP contribution in [0.25, 0.3) is 0 Å². The summed E-state index contributed by atoms with van der Waals surface area (Å²) in [6, 6.07) is 15.4. The molecular weight excluding hydrogens is 410 g/mol. The molecule has 0 saturated carbocycles. The van der Waals surface area contributed by atoms with Crippen molar-refractivity contribution in [1.29, 1.82) is 0 Å². The molecule has 0 aliphatic carbocycles. The third kappa shape index (κ3) is 4.11. The number of anilines is 3. The molecule has 8 heteroatoms. The Balaban J connectivity index is 1.40. The highest BCUT2D eigenvalue weighted by molar-refractivity contribution is 9.10. The van der Waals surface area contributed by atoms with Crippen LogP contribution in [0.2, 0.25) is 0 Å². The number of nitrogens with one attached hydrogen (secondary N) is 1. The summed E-state index contributed by atoms with van der Waals surface area (Å²) in [5, 5.41) is 2.74. The number of hydrogen-bond donors (Lipinski definition) is 1. The summed E-state index contributed by atoms with van der Waals surface area (Å²) in [6.45, 7) is 3.53. The maximum Gasteiger partial charge on any atom is 0.292 e. The summed E-state index contributed by atoms with van der Waals surface area (Å²) in [4.78, 5) is 25.3. The number of hydrogen-bond acceptors (Lipinski definition) is 6. The van der Waals surface area contributed by atoms with Crippen molar-refractivity contribution in [2.45, 2.75) is 0 Å². The second-order valence-corrected chi connectivity index (χ2v) is 6.91. The van der Waals surface area contributed by atoms with Crippen molar-refractivity contribution >= 4 is 39.2 Å². The Labute approximate surface area is 165 Å². The second-order valence-electron chi connectivity index (χ2n) is 6.13. The Kier molecular flexibility index (Phi) is 5.06. The topological polar surface area (TPSA) is 74.5 Å². The number of benzene rings is 1. The number of aromatic nitrogens is 2. The van der Waals surface area contributed by atoms with Gasteiger partial charge in [0.25, 0.3) is 5.91 Å². The van der Waals surface area contributed by atoms with E-state index >= 15 is 0 Å². The largest absolute Gasteiger partial charge is 0.444 e. The number of furan rings is 1. The molecule has 1 N–H and O–H groups in total. The average molecular weight is 428 g/mol. The van der Waals surface area contributed by atoms with Crippen molar-refractivity contribution in [3.63, 3.8) is 0 Å². The van der Waals surface area contributed by atoms with Gasteiger partial charge in [0, 0.05) is 37.9 Å². The van der Waals surface area contributed by atoms with Crippen LogP contribution < -0.4 is 15.1 Å². The Morgan fingerprint density at radius 3 is 2.44 bits per heavy atom. The normalized spacial score (nSPS) is 14.3. The predicted octanol–water partition coefficient (Wildman–Crippen LogP) is 3.41. The minimum Gasteiger partial charge on any atom is -0.444 e. The van der Waals surface area contributed by atoms with Crippen LogP contribution in [-0.4, -0.2) is 42.1 Å². The minimum absolute atomic E-state index is 0.221. The Morgan fingerprint density at radius 2 is 1.74 bits per heavy atom. The van der Waals surface area contributed by atoms with Crippen LogP contribution >= 0.6 is 15.9 Å². The lowest BCUT2D eigenvalue weighted by Crippen LogP contribution is -2.46. The first-order valence-electron chi connectivity index (χ1n) is 8.63. The average Bonchev–Trinajstić information content (AvgIpc) is 3.16. The van der Waals surface area contributed by atoms with Crippen LogP contribution in [-0.2, 0) is 0 Å². The fourth-order valence-electron chi connectivity index (χ4n) is 3.04. The first-order valence-corrected chi connectivity index (χ1v) is 9.42. The molecule has 0 radical (unpaired) electrons. The van der Waals surface area contributed by atoms with Gasteiger partial charge in [-0.25, -0.2) is 9.97 Å². The van der Waals surface area contributed by atoms with Gasteiger partial charge in [0.05, 0.1) is 0 Å². The fourth-order valence-corrected chi connectivity index (χ4v) is 3.34. The van der Waals surface area contributed by atoms with Crippen molar-refractivity contribution in [2.24, 2.45) is 0 Å². The molecular formula is C19H18BrN5O2. The lowest BCUT2D eigenvalue weighted by atomic mass is 10.2. The third-order valence-corrected chi connectivity index (χ3v) is 4.84. The molecule has 1 aliphatic rings. The molecule has 2 aromatic heterocycles. The Hall–Kier alpha value is -2.87. The summed E-state index contributed by atoms with van der Waals surface area (Å²) in [5.41, 5.74) is 1.23. The highest BCUT2D eigenvalue weighted by Gasteiger charge is 2.19.